The van der Waals surface area contributed by atoms with Crippen LogP contribution in [0.1, 0.15) is 16.1 Å². The molecule has 1 heterocycles. The fraction of sp³-hybridized carbons (Fsp3) is 0.294. The van der Waals surface area contributed by atoms with Gasteiger partial charge in [-0.25, -0.2) is 4.98 Å². The van der Waals surface area contributed by atoms with Gasteiger partial charge in [0.2, 0.25) is 0 Å². The highest BCUT2D eigenvalue weighted by Gasteiger charge is 2.07. The minimum Gasteiger partial charge on any atom is -0.354 e. The number of nitrogens with zero attached hydrogens (tertiary/aromatic N) is 2. The smallest absolute Gasteiger partial charge is 0.269 e. The standard InChI is InChI=1S/C17H21ClN4O/c1-12-4-5-13(18)10-16(12)21-14-6-7-15(20-11-14)17(23)19-8-9-22(2)3/h4-7,10-11,21H,8-9H2,1-3H3,(H,19,23). The van der Waals surface area contributed by atoms with Crippen molar-refractivity contribution < 1.29 is 4.79 Å². The molecule has 2 aromatic rings. The molecule has 0 spiro atoms. The van der Waals surface area contributed by atoms with Crippen molar-refractivity contribution >= 4 is 28.9 Å². The minimum atomic E-state index is -0.169. The zero-order valence-electron chi connectivity index (χ0n) is 13.6. The zero-order valence-corrected chi connectivity index (χ0v) is 14.3. The van der Waals surface area contributed by atoms with E-state index >= 15 is 0 Å². The molecular weight excluding hydrogens is 312 g/mol. The third-order valence-corrected chi connectivity index (χ3v) is 3.55. The average Bonchev–Trinajstić information content (AvgIpc) is 2.51. The van der Waals surface area contributed by atoms with Crippen molar-refractivity contribution in [2.45, 2.75) is 6.92 Å². The molecule has 5 nitrogen and oxygen atoms in total. The first-order valence-corrected chi connectivity index (χ1v) is 7.75. The number of anilines is 2. The second-order valence-electron chi connectivity index (χ2n) is 5.58. The van der Waals surface area contributed by atoms with Gasteiger partial charge in [0.25, 0.3) is 5.91 Å². The van der Waals surface area contributed by atoms with E-state index in [1.165, 1.54) is 0 Å². The number of nitrogens with one attached hydrogen (secondary N) is 2. The fourth-order valence-electron chi connectivity index (χ4n) is 1.97. The van der Waals surface area contributed by atoms with Crippen molar-refractivity contribution in [3.05, 3.63) is 52.8 Å². The molecule has 0 aliphatic heterocycles. The molecule has 1 aromatic carbocycles. The molecule has 0 aliphatic carbocycles. The number of aromatic nitrogens is 1. The number of halogens is 1. The predicted molar refractivity (Wildman–Crippen MR) is 94.6 cm³/mol. The molecule has 122 valence electrons. The number of carbonyl (C=O) groups is 1. The number of likely N-dealkylation sites (N-methyl/N-ethyl adjacent to an activating group) is 1. The monoisotopic (exact) mass is 332 g/mol. The first kappa shape index (κ1) is 17.2. The molecule has 2 N–H and O–H groups in total. The van der Waals surface area contributed by atoms with Crippen LogP contribution in [0.3, 0.4) is 0 Å². The van der Waals surface area contributed by atoms with Gasteiger partial charge in [-0.15, -0.1) is 0 Å². The SMILES string of the molecule is Cc1ccc(Cl)cc1Nc1ccc(C(=O)NCCN(C)C)nc1. The summed E-state index contributed by atoms with van der Waals surface area (Å²) in [6.07, 6.45) is 1.64. The van der Waals surface area contributed by atoms with Crippen LogP contribution in [-0.4, -0.2) is 43.0 Å². The van der Waals surface area contributed by atoms with E-state index in [9.17, 15) is 4.79 Å². The fourth-order valence-corrected chi connectivity index (χ4v) is 2.14. The van der Waals surface area contributed by atoms with E-state index in [0.29, 0.717) is 17.3 Å². The maximum atomic E-state index is 12.0. The Morgan fingerprint density at radius 3 is 2.70 bits per heavy atom. The van der Waals surface area contributed by atoms with Gasteiger partial charge < -0.3 is 15.5 Å². The largest absolute Gasteiger partial charge is 0.354 e. The van der Waals surface area contributed by atoms with Gasteiger partial charge in [-0.3, -0.25) is 4.79 Å². The van der Waals surface area contributed by atoms with Crippen LogP contribution in [0.5, 0.6) is 0 Å². The molecule has 0 bridgehead atoms. The molecule has 1 amide bonds. The van der Waals surface area contributed by atoms with Crippen molar-refractivity contribution in [1.82, 2.24) is 15.2 Å². The number of aryl methyl sites for hydroxylation is 1. The molecule has 0 radical (unpaired) electrons. The second-order valence-corrected chi connectivity index (χ2v) is 6.01. The molecule has 0 saturated heterocycles. The van der Waals surface area contributed by atoms with Crippen LogP contribution >= 0.6 is 11.6 Å². The molecule has 0 saturated carbocycles. The summed E-state index contributed by atoms with van der Waals surface area (Å²) in [5.41, 5.74) is 3.21. The Balaban J connectivity index is 1.99. The molecule has 1 aromatic heterocycles. The Hall–Kier alpha value is -2.11. The molecular formula is C17H21ClN4O. The lowest BCUT2D eigenvalue weighted by Crippen LogP contribution is -2.31. The Bertz CT molecular complexity index is 671. The highest BCUT2D eigenvalue weighted by atomic mass is 35.5. The molecule has 0 atom stereocenters. The summed E-state index contributed by atoms with van der Waals surface area (Å²) in [7, 11) is 3.92. The summed E-state index contributed by atoms with van der Waals surface area (Å²) in [6.45, 7) is 3.38. The van der Waals surface area contributed by atoms with Crippen LogP contribution in [0.15, 0.2) is 36.5 Å². The van der Waals surface area contributed by atoms with Crippen LogP contribution in [0, 0.1) is 6.92 Å². The third-order valence-electron chi connectivity index (χ3n) is 3.32. The van der Waals surface area contributed by atoms with Crippen molar-refractivity contribution in [3.8, 4) is 0 Å². The van der Waals surface area contributed by atoms with Crippen LogP contribution in [-0.2, 0) is 0 Å². The Labute approximate surface area is 141 Å². The number of rotatable bonds is 6. The quantitative estimate of drug-likeness (QED) is 0.853. The number of amides is 1. The van der Waals surface area contributed by atoms with E-state index in [2.05, 4.69) is 15.6 Å². The van der Waals surface area contributed by atoms with Crippen LogP contribution in [0.25, 0.3) is 0 Å². The molecule has 2 rings (SSSR count). The van der Waals surface area contributed by atoms with Gasteiger partial charge in [0.05, 0.1) is 11.9 Å². The summed E-state index contributed by atoms with van der Waals surface area (Å²) in [6, 6.07) is 9.19. The van der Waals surface area contributed by atoms with Gasteiger partial charge in [0, 0.05) is 23.8 Å². The predicted octanol–water partition coefficient (Wildman–Crippen LogP) is 3.08. The van der Waals surface area contributed by atoms with E-state index in [1.54, 1.807) is 12.3 Å². The van der Waals surface area contributed by atoms with Gasteiger partial charge in [0.1, 0.15) is 5.69 Å². The second kappa shape index (κ2) is 7.94. The average molecular weight is 333 g/mol. The number of carbonyl (C=O) groups excluding carboxylic acids is 1. The molecule has 23 heavy (non-hydrogen) atoms. The normalized spacial score (nSPS) is 10.7. The highest BCUT2D eigenvalue weighted by Crippen LogP contribution is 2.23. The number of hydrogen-bond donors (Lipinski definition) is 2. The van der Waals surface area contributed by atoms with E-state index < -0.39 is 0 Å². The van der Waals surface area contributed by atoms with E-state index in [-0.39, 0.29) is 5.91 Å². The van der Waals surface area contributed by atoms with E-state index in [4.69, 9.17) is 11.6 Å². The van der Waals surface area contributed by atoms with Crippen LogP contribution in [0.4, 0.5) is 11.4 Å². The van der Waals surface area contributed by atoms with Gasteiger partial charge in [-0.2, -0.15) is 0 Å². The summed E-state index contributed by atoms with van der Waals surface area (Å²) in [5, 5.41) is 6.76. The first-order valence-electron chi connectivity index (χ1n) is 7.38. The van der Waals surface area contributed by atoms with Crippen molar-refractivity contribution in [1.29, 1.82) is 0 Å². The minimum absolute atomic E-state index is 0.169. The molecule has 0 aliphatic rings. The van der Waals surface area contributed by atoms with Gasteiger partial charge in [0.15, 0.2) is 0 Å². The summed E-state index contributed by atoms with van der Waals surface area (Å²) < 4.78 is 0. The molecule has 0 fully saturated rings. The summed E-state index contributed by atoms with van der Waals surface area (Å²) in [4.78, 5) is 18.2. The van der Waals surface area contributed by atoms with E-state index in [1.807, 2.05) is 50.2 Å². The van der Waals surface area contributed by atoms with Gasteiger partial charge in [-0.05, 0) is 50.8 Å². The van der Waals surface area contributed by atoms with Crippen LogP contribution in [0.2, 0.25) is 5.02 Å². The summed E-state index contributed by atoms with van der Waals surface area (Å²) >= 11 is 6.01. The lowest BCUT2D eigenvalue weighted by molar-refractivity contribution is 0.0946. The van der Waals surface area contributed by atoms with Crippen molar-refractivity contribution in [3.63, 3.8) is 0 Å². The Morgan fingerprint density at radius 2 is 2.04 bits per heavy atom. The molecule has 6 heteroatoms. The lowest BCUT2D eigenvalue weighted by atomic mass is 10.2. The highest BCUT2D eigenvalue weighted by molar-refractivity contribution is 6.30. The third kappa shape index (κ3) is 5.23. The number of pyridine rings is 1. The van der Waals surface area contributed by atoms with Crippen molar-refractivity contribution in [2.75, 3.05) is 32.5 Å². The molecule has 0 unspecified atom stereocenters. The van der Waals surface area contributed by atoms with Gasteiger partial charge >= 0.3 is 0 Å². The first-order chi connectivity index (χ1) is 11.0. The Kier molecular flexibility index (Phi) is 5.96. The summed E-state index contributed by atoms with van der Waals surface area (Å²) in [5.74, 6) is -0.169. The van der Waals surface area contributed by atoms with Gasteiger partial charge in [-0.1, -0.05) is 17.7 Å². The Morgan fingerprint density at radius 1 is 1.26 bits per heavy atom. The lowest BCUT2D eigenvalue weighted by Gasteiger charge is -2.11. The van der Waals surface area contributed by atoms with Crippen molar-refractivity contribution in [2.24, 2.45) is 0 Å². The maximum Gasteiger partial charge on any atom is 0.269 e. The van der Waals surface area contributed by atoms with Crippen LogP contribution < -0.4 is 10.6 Å². The van der Waals surface area contributed by atoms with E-state index in [0.717, 1.165) is 23.5 Å². The maximum absolute atomic E-state index is 12.0. The topological polar surface area (TPSA) is 57.3 Å². The number of hydrogen-bond acceptors (Lipinski definition) is 4. The zero-order chi connectivity index (χ0) is 16.8. The number of benzene rings is 1.